The van der Waals surface area contributed by atoms with Crippen LogP contribution in [0.4, 0.5) is 0 Å². The van der Waals surface area contributed by atoms with Gasteiger partial charge in [0, 0.05) is 39.1 Å². The lowest BCUT2D eigenvalue weighted by Crippen LogP contribution is -2.43. The van der Waals surface area contributed by atoms with Gasteiger partial charge >= 0.3 is 0 Å². The number of hydrogen-bond acceptors (Lipinski definition) is 4. The van der Waals surface area contributed by atoms with E-state index in [4.69, 9.17) is 9.47 Å². The first-order chi connectivity index (χ1) is 13.6. The molecule has 170 valence electrons. The Morgan fingerprint density at radius 3 is 2.45 bits per heavy atom. The van der Waals surface area contributed by atoms with Gasteiger partial charge in [0.2, 0.25) is 0 Å². The molecule has 2 aliphatic rings. The maximum absolute atomic E-state index is 11.1. The third-order valence-electron chi connectivity index (χ3n) is 6.83. The highest BCUT2D eigenvalue weighted by atomic mass is 16.6. The lowest BCUT2D eigenvalue weighted by atomic mass is 9.71. The molecule has 0 aromatic heterocycles. The smallest absolute Gasteiger partial charge is 0.165 e. The third kappa shape index (κ3) is 8.69. The zero-order valence-corrected chi connectivity index (χ0v) is 19.8. The molecule has 0 bridgehead atoms. The average molecular weight is 410 g/mol. The molecule has 1 saturated carbocycles. The molecule has 1 saturated heterocycles. The zero-order valence-electron chi connectivity index (χ0n) is 19.8. The van der Waals surface area contributed by atoms with Gasteiger partial charge in [0.25, 0.3) is 0 Å². The van der Waals surface area contributed by atoms with Crippen LogP contribution in [0.15, 0.2) is 12.2 Å². The van der Waals surface area contributed by atoms with Gasteiger partial charge in [-0.15, -0.1) is 0 Å². The molecular weight excluding hydrogens is 362 g/mol. The van der Waals surface area contributed by atoms with Crippen molar-refractivity contribution < 1.29 is 14.6 Å². The lowest BCUT2D eigenvalue weighted by molar-refractivity contribution is -0.253. The summed E-state index contributed by atoms with van der Waals surface area (Å²) in [5, 5.41) is 11.1. The van der Waals surface area contributed by atoms with Crippen molar-refractivity contribution in [3.8, 4) is 0 Å². The molecule has 2 fully saturated rings. The molecule has 2 rings (SSSR count). The fourth-order valence-electron chi connectivity index (χ4n) is 4.89. The van der Waals surface area contributed by atoms with Crippen LogP contribution in [-0.2, 0) is 9.47 Å². The maximum Gasteiger partial charge on any atom is 0.165 e. The second kappa shape index (κ2) is 11.3. The summed E-state index contributed by atoms with van der Waals surface area (Å²) in [6.45, 7) is 19.1. The number of rotatable bonds is 10. The second-order valence-corrected chi connectivity index (χ2v) is 10.7. The van der Waals surface area contributed by atoms with Crippen LogP contribution in [0.3, 0.4) is 0 Å². The van der Waals surface area contributed by atoms with Gasteiger partial charge < -0.3 is 14.6 Å². The summed E-state index contributed by atoms with van der Waals surface area (Å²) in [7, 11) is 0. The third-order valence-corrected chi connectivity index (χ3v) is 6.83. The molecule has 1 aliphatic heterocycles. The Morgan fingerprint density at radius 2 is 1.93 bits per heavy atom. The maximum atomic E-state index is 11.1. The van der Waals surface area contributed by atoms with Crippen molar-refractivity contribution in [2.24, 2.45) is 11.3 Å². The van der Waals surface area contributed by atoms with Crippen LogP contribution in [0.5, 0.6) is 0 Å². The molecule has 0 radical (unpaired) electrons. The van der Waals surface area contributed by atoms with E-state index >= 15 is 0 Å². The summed E-state index contributed by atoms with van der Waals surface area (Å²) in [6, 6.07) is 0. The number of ether oxygens (including phenoxy) is 2. The van der Waals surface area contributed by atoms with E-state index in [-0.39, 0.29) is 6.10 Å². The van der Waals surface area contributed by atoms with Gasteiger partial charge in [-0.25, -0.2) is 0 Å². The van der Waals surface area contributed by atoms with Crippen molar-refractivity contribution in [2.45, 2.75) is 110 Å². The molecule has 0 aromatic rings. The number of aliphatic hydroxyl groups is 1. The van der Waals surface area contributed by atoms with E-state index in [1.807, 2.05) is 0 Å². The molecule has 2 unspecified atom stereocenters. The molecule has 1 heterocycles. The van der Waals surface area contributed by atoms with Gasteiger partial charge in [-0.2, -0.15) is 0 Å². The summed E-state index contributed by atoms with van der Waals surface area (Å²) in [6.07, 6.45) is 9.59. The minimum absolute atomic E-state index is 0.103. The van der Waals surface area contributed by atoms with Gasteiger partial charge in [-0.1, -0.05) is 39.8 Å². The molecule has 1 aliphatic carbocycles. The number of nitrogens with zero attached hydrogens (tertiary/aromatic N) is 1. The molecule has 2 atom stereocenters. The van der Waals surface area contributed by atoms with Crippen molar-refractivity contribution in [3.05, 3.63) is 12.2 Å². The van der Waals surface area contributed by atoms with E-state index < -0.39 is 5.79 Å². The summed E-state index contributed by atoms with van der Waals surface area (Å²) in [5.74, 6) is -0.262. The normalized spacial score (nSPS) is 29.8. The van der Waals surface area contributed by atoms with Crippen LogP contribution < -0.4 is 0 Å². The SMILES string of the molecule is C=C(C)CN(CCC(CC)OC1(O)CCC(C(C)(C)C)CC1)CC1CCCCO1. The Kier molecular flexibility index (Phi) is 9.66. The molecule has 0 spiro atoms. The van der Waals surface area contributed by atoms with Gasteiger partial charge in [-0.05, 0) is 63.2 Å². The van der Waals surface area contributed by atoms with Crippen LogP contribution in [0.25, 0.3) is 0 Å². The Labute approximate surface area is 180 Å². The Bertz CT molecular complexity index is 485. The van der Waals surface area contributed by atoms with Gasteiger partial charge in [0.1, 0.15) is 0 Å². The molecule has 1 N–H and O–H groups in total. The minimum Gasteiger partial charge on any atom is -0.377 e. The topological polar surface area (TPSA) is 41.9 Å². The Hall–Kier alpha value is -0.420. The molecule has 4 heteroatoms. The van der Waals surface area contributed by atoms with E-state index in [0.29, 0.717) is 17.4 Å². The summed E-state index contributed by atoms with van der Waals surface area (Å²) in [5.41, 5.74) is 1.50. The average Bonchev–Trinajstić information content (AvgIpc) is 2.65. The van der Waals surface area contributed by atoms with Crippen molar-refractivity contribution in [1.29, 1.82) is 0 Å². The fraction of sp³-hybridized carbons (Fsp3) is 0.920. The van der Waals surface area contributed by atoms with E-state index in [9.17, 15) is 5.11 Å². The van der Waals surface area contributed by atoms with Gasteiger partial charge in [0.15, 0.2) is 5.79 Å². The standard InChI is InChI=1S/C25H47NO3/c1-7-22(29-25(27)14-11-21(12-15-25)24(4,5)6)13-16-26(18-20(2)3)19-23-10-8-9-17-28-23/h21-23,27H,2,7-19H2,1,3-6H3. The fourth-order valence-corrected chi connectivity index (χ4v) is 4.89. The lowest BCUT2D eigenvalue weighted by Gasteiger charge is -2.42. The van der Waals surface area contributed by atoms with E-state index in [0.717, 1.165) is 71.2 Å². The van der Waals surface area contributed by atoms with Crippen LogP contribution in [0.1, 0.15) is 92.4 Å². The second-order valence-electron chi connectivity index (χ2n) is 10.7. The predicted molar refractivity (Wildman–Crippen MR) is 121 cm³/mol. The molecule has 29 heavy (non-hydrogen) atoms. The Balaban J connectivity index is 1.84. The highest BCUT2D eigenvalue weighted by Gasteiger charge is 2.39. The summed E-state index contributed by atoms with van der Waals surface area (Å²) < 4.78 is 12.3. The quantitative estimate of drug-likeness (QED) is 0.380. The summed E-state index contributed by atoms with van der Waals surface area (Å²) in [4.78, 5) is 2.46. The summed E-state index contributed by atoms with van der Waals surface area (Å²) >= 11 is 0. The van der Waals surface area contributed by atoms with Crippen molar-refractivity contribution in [2.75, 3.05) is 26.2 Å². The monoisotopic (exact) mass is 409 g/mol. The first-order valence-electron chi connectivity index (χ1n) is 12.0. The first kappa shape index (κ1) is 24.8. The predicted octanol–water partition coefficient (Wildman–Crippen LogP) is 5.54. The first-order valence-corrected chi connectivity index (χ1v) is 12.0. The van der Waals surface area contributed by atoms with Gasteiger partial charge in [0.05, 0.1) is 12.2 Å². The van der Waals surface area contributed by atoms with Crippen LogP contribution in [0.2, 0.25) is 0 Å². The number of hydrogen-bond donors (Lipinski definition) is 1. The molecule has 4 nitrogen and oxygen atoms in total. The van der Waals surface area contributed by atoms with Crippen molar-refractivity contribution in [1.82, 2.24) is 4.90 Å². The van der Waals surface area contributed by atoms with Gasteiger partial charge in [-0.3, -0.25) is 4.90 Å². The van der Waals surface area contributed by atoms with Crippen LogP contribution in [-0.4, -0.2) is 54.2 Å². The zero-order chi connectivity index (χ0) is 21.5. The van der Waals surface area contributed by atoms with E-state index in [2.05, 4.69) is 46.1 Å². The van der Waals surface area contributed by atoms with E-state index in [1.165, 1.54) is 18.4 Å². The largest absolute Gasteiger partial charge is 0.377 e. The highest BCUT2D eigenvalue weighted by Crippen LogP contribution is 2.42. The molecule has 0 amide bonds. The van der Waals surface area contributed by atoms with E-state index in [1.54, 1.807) is 0 Å². The van der Waals surface area contributed by atoms with Crippen molar-refractivity contribution >= 4 is 0 Å². The van der Waals surface area contributed by atoms with Crippen molar-refractivity contribution in [3.63, 3.8) is 0 Å². The van der Waals surface area contributed by atoms with Crippen LogP contribution >= 0.6 is 0 Å². The molecular formula is C25H47NO3. The van der Waals surface area contributed by atoms with Crippen LogP contribution in [0, 0.1) is 11.3 Å². The highest BCUT2D eigenvalue weighted by molar-refractivity contribution is 4.93. The minimum atomic E-state index is -0.936. The molecule has 0 aromatic carbocycles. The Morgan fingerprint density at radius 1 is 1.24 bits per heavy atom.